The van der Waals surface area contributed by atoms with Crippen molar-refractivity contribution in [3.63, 3.8) is 0 Å². The summed E-state index contributed by atoms with van der Waals surface area (Å²) in [6.45, 7) is 15.8. The van der Waals surface area contributed by atoms with Crippen LogP contribution in [0.3, 0.4) is 0 Å². The Hall–Kier alpha value is -4.55. The highest BCUT2D eigenvalue weighted by Crippen LogP contribution is 2.50. The highest BCUT2D eigenvalue weighted by atomic mass is 32.2. The van der Waals surface area contributed by atoms with Crippen LogP contribution in [-0.2, 0) is 9.84 Å². The lowest BCUT2D eigenvalue weighted by Crippen LogP contribution is -2.43. The number of hydrogen-bond acceptors (Lipinski definition) is 3. The summed E-state index contributed by atoms with van der Waals surface area (Å²) < 4.78 is 34.5. The molecule has 3 aliphatic rings. The van der Waals surface area contributed by atoms with E-state index in [-0.39, 0.29) is 0 Å². The van der Waals surface area contributed by atoms with Crippen molar-refractivity contribution < 1.29 is 12.8 Å². The highest BCUT2D eigenvalue weighted by molar-refractivity contribution is 8.01. The molecule has 5 aromatic rings. The molecule has 1 aliphatic heterocycles. The lowest BCUT2D eigenvalue weighted by atomic mass is 9.99. The molecule has 0 saturated heterocycles. The normalized spacial score (nSPS) is 15.5. The van der Waals surface area contributed by atoms with Gasteiger partial charge in [-0.1, -0.05) is 89.8 Å². The smallest absolute Gasteiger partial charge is 0.208 e. The second-order valence-corrected chi connectivity index (χ2v) is 21.4. The van der Waals surface area contributed by atoms with E-state index in [0.717, 1.165) is 76.9 Å². The largest absolute Gasteiger partial charge is 0.455 e. The molecule has 4 aromatic carbocycles. The first kappa shape index (κ1) is 29.8. The number of furan rings is 1. The summed E-state index contributed by atoms with van der Waals surface area (Å²) >= 11 is 0. The molecule has 0 spiro atoms. The number of fused-ring (bicyclic) bond motifs is 10. The number of allylic oxidation sites excluding steroid dienone is 1. The molecule has 0 fully saturated rings. The molecule has 8 rings (SSSR count). The van der Waals surface area contributed by atoms with Gasteiger partial charge in [-0.25, -0.2) is 8.42 Å². The minimum atomic E-state index is -3.69. The van der Waals surface area contributed by atoms with Crippen molar-refractivity contribution in [2.24, 2.45) is 0 Å². The van der Waals surface area contributed by atoms with Gasteiger partial charge in [0.15, 0.2) is 0 Å². The molecule has 0 N–H and O–H groups in total. The molecule has 3 nitrogen and oxygen atoms in total. The van der Waals surface area contributed by atoms with Crippen LogP contribution in [-0.4, -0.2) is 16.5 Å². The molecule has 5 heteroatoms. The molecule has 0 atom stereocenters. The number of para-hydroxylation sites is 1. The lowest BCUT2D eigenvalue weighted by molar-refractivity contribution is 0.606. The van der Waals surface area contributed by atoms with Gasteiger partial charge in [-0.2, -0.15) is 0 Å². The fraction of sp³-hybridized carbons (Fsp3) is 0.238. The van der Waals surface area contributed by atoms with Crippen molar-refractivity contribution in [3.8, 4) is 34.6 Å². The van der Waals surface area contributed by atoms with Gasteiger partial charge in [-0.15, -0.1) is 11.5 Å². The standard InChI is InChI=1S/C42H36O3SSi/c1-8-13-29-34-21-27-22-35-33(20-28(27)23-36(34)42-40(29)32-15-10-12-17-38(32)46(42,43)44)30(18-19-47(24(2)3,25(4)5)26(6)7)39-31-14-9-11-16-37(31)45-41(35)39/h9-12,14-17,20-26H,1-7H3. The van der Waals surface area contributed by atoms with Crippen LogP contribution in [0.1, 0.15) is 65.2 Å². The van der Waals surface area contributed by atoms with Crippen LogP contribution in [0.15, 0.2) is 82.1 Å². The van der Waals surface area contributed by atoms with Crippen molar-refractivity contribution in [2.75, 3.05) is 0 Å². The van der Waals surface area contributed by atoms with Gasteiger partial charge in [0.2, 0.25) is 9.84 Å². The Kier molecular flexibility index (Phi) is 6.49. The molecule has 47 heavy (non-hydrogen) atoms. The van der Waals surface area contributed by atoms with Crippen LogP contribution in [0.25, 0.3) is 54.7 Å². The van der Waals surface area contributed by atoms with E-state index in [2.05, 4.69) is 95.2 Å². The summed E-state index contributed by atoms with van der Waals surface area (Å²) in [5.74, 6) is 11.0. The molecule has 0 amide bonds. The van der Waals surface area contributed by atoms with Crippen LogP contribution in [0.5, 0.6) is 0 Å². The van der Waals surface area contributed by atoms with E-state index in [4.69, 9.17) is 4.42 Å². The van der Waals surface area contributed by atoms with E-state index in [1.807, 2.05) is 30.3 Å². The average molecular weight is 649 g/mol. The fourth-order valence-corrected chi connectivity index (χ4v) is 15.8. The third-order valence-corrected chi connectivity index (χ3v) is 18.9. The fourth-order valence-electron chi connectivity index (χ4n) is 8.68. The number of hydrogen-bond donors (Lipinski definition) is 0. The Morgan fingerprint density at radius 3 is 2.00 bits per heavy atom. The highest BCUT2D eigenvalue weighted by Gasteiger charge is 2.43. The summed E-state index contributed by atoms with van der Waals surface area (Å²) in [7, 11) is -5.73. The summed E-state index contributed by atoms with van der Waals surface area (Å²) in [4.78, 5) is 0.729. The van der Waals surface area contributed by atoms with Crippen molar-refractivity contribution in [1.29, 1.82) is 0 Å². The maximum atomic E-state index is 14.0. The van der Waals surface area contributed by atoms with E-state index in [1.165, 1.54) is 0 Å². The Labute approximate surface area is 277 Å². The van der Waals surface area contributed by atoms with Gasteiger partial charge in [0.25, 0.3) is 0 Å². The van der Waals surface area contributed by atoms with Gasteiger partial charge in [0.1, 0.15) is 19.4 Å². The second kappa shape index (κ2) is 10.2. The third-order valence-electron chi connectivity index (χ3n) is 10.7. The number of rotatable bonds is 3. The summed E-state index contributed by atoms with van der Waals surface area (Å²) in [5.41, 5.74) is 12.4. The lowest BCUT2D eigenvalue weighted by Gasteiger charge is -2.38. The summed E-state index contributed by atoms with van der Waals surface area (Å²) in [5, 5.41) is 4.97. The van der Waals surface area contributed by atoms with Crippen LogP contribution in [0, 0.1) is 23.3 Å². The van der Waals surface area contributed by atoms with Crippen LogP contribution < -0.4 is 10.4 Å². The van der Waals surface area contributed by atoms with E-state index in [9.17, 15) is 8.42 Å². The SMILES string of the molecule is CC#CC1=c2cc3cc4c(cc3cc2C2=C1c1ccccc1S2(=O)=O)=C(C#C[Si](C(C)C)(C(C)C)C(C)C)c1c-4oc2ccccc12. The summed E-state index contributed by atoms with van der Waals surface area (Å²) in [6, 6.07) is 24.0. The Morgan fingerprint density at radius 1 is 0.702 bits per heavy atom. The predicted molar refractivity (Wildman–Crippen MR) is 197 cm³/mol. The van der Waals surface area contributed by atoms with E-state index in [0.29, 0.717) is 26.4 Å². The molecule has 232 valence electrons. The molecule has 0 saturated carbocycles. The Balaban J connectivity index is 1.46. The van der Waals surface area contributed by atoms with Gasteiger partial charge in [0.05, 0.1) is 9.80 Å². The molecular weight excluding hydrogens is 613 g/mol. The van der Waals surface area contributed by atoms with Crippen molar-refractivity contribution in [1.82, 2.24) is 0 Å². The van der Waals surface area contributed by atoms with Crippen molar-refractivity contribution >= 4 is 61.3 Å². The van der Waals surface area contributed by atoms with E-state index < -0.39 is 17.9 Å². The molecule has 0 unspecified atom stereocenters. The van der Waals surface area contributed by atoms with Gasteiger partial charge in [-0.05, 0) is 75.9 Å². The van der Waals surface area contributed by atoms with E-state index in [1.54, 1.807) is 19.1 Å². The molecule has 0 radical (unpaired) electrons. The van der Waals surface area contributed by atoms with Crippen LogP contribution in [0.4, 0.5) is 0 Å². The van der Waals surface area contributed by atoms with Crippen molar-refractivity contribution in [2.45, 2.75) is 70.0 Å². The number of sulfone groups is 1. The molecule has 2 heterocycles. The minimum Gasteiger partial charge on any atom is -0.455 e. The monoisotopic (exact) mass is 648 g/mol. The maximum absolute atomic E-state index is 14.0. The Bertz CT molecular complexity index is 2620. The Morgan fingerprint density at radius 2 is 1.32 bits per heavy atom. The molecule has 0 bridgehead atoms. The molecular formula is C42H36O3SSi. The molecule has 2 aliphatic carbocycles. The molecule has 1 aromatic heterocycles. The van der Waals surface area contributed by atoms with Crippen LogP contribution >= 0.6 is 0 Å². The minimum absolute atomic E-state index is 0.357. The predicted octanol–water partition coefficient (Wildman–Crippen LogP) is 8.83. The maximum Gasteiger partial charge on any atom is 0.208 e. The van der Waals surface area contributed by atoms with Gasteiger partial charge < -0.3 is 4.42 Å². The summed E-state index contributed by atoms with van der Waals surface area (Å²) in [6.07, 6.45) is 0. The van der Waals surface area contributed by atoms with Crippen molar-refractivity contribution in [3.05, 3.63) is 99.9 Å². The van der Waals surface area contributed by atoms with Crippen LogP contribution in [0.2, 0.25) is 16.6 Å². The topological polar surface area (TPSA) is 47.3 Å². The first-order valence-corrected chi connectivity index (χ1v) is 20.2. The quantitative estimate of drug-likeness (QED) is 0.145. The zero-order valence-corrected chi connectivity index (χ0v) is 29.6. The first-order valence-electron chi connectivity index (χ1n) is 16.4. The number of benzene rings is 4. The van der Waals surface area contributed by atoms with E-state index >= 15 is 0 Å². The first-order chi connectivity index (χ1) is 22.5. The van der Waals surface area contributed by atoms with Gasteiger partial charge in [-0.3, -0.25) is 0 Å². The average Bonchev–Trinajstić information content (AvgIpc) is 3.72. The zero-order valence-electron chi connectivity index (χ0n) is 27.8. The third kappa shape index (κ3) is 3.91. The zero-order chi connectivity index (χ0) is 33.0. The van der Waals surface area contributed by atoms with Gasteiger partial charge in [0, 0.05) is 49.6 Å². The second-order valence-electron chi connectivity index (χ2n) is 13.9. The van der Waals surface area contributed by atoms with Gasteiger partial charge >= 0.3 is 0 Å².